The lowest BCUT2D eigenvalue weighted by Crippen LogP contribution is -2.43. The lowest BCUT2D eigenvalue weighted by molar-refractivity contribution is -0.143. The van der Waals surface area contributed by atoms with Gasteiger partial charge in [-0.05, 0) is 18.6 Å². The van der Waals surface area contributed by atoms with Crippen LogP contribution in [-0.4, -0.2) is 47.8 Å². The molecule has 24 heavy (non-hydrogen) atoms. The highest BCUT2D eigenvalue weighted by atomic mass is 16.4. The summed E-state index contributed by atoms with van der Waals surface area (Å²) in [5, 5.41) is 9.57. The second-order valence-corrected chi connectivity index (χ2v) is 5.85. The van der Waals surface area contributed by atoms with Crippen LogP contribution >= 0.6 is 0 Å². The molecule has 2 N–H and O–H groups in total. The quantitative estimate of drug-likeness (QED) is 0.736. The smallest absolute Gasteiger partial charge is 0.332 e. The molecule has 0 spiro atoms. The second kappa shape index (κ2) is 5.19. The number of fused-ring (bicyclic) bond motifs is 2. The van der Waals surface area contributed by atoms with Gasteiger partial charge in [0.25, 0.3) is 5.91 Å². The van der Waals surface area contributed by atoms with Crippen LogP contribution in [0.5, 0.6) is 0 Å². The first-order chi connectivity index (χ1) is 11.5. The Balaban J connectivity index is 1.73. The zero-order valence-electron chi connectivity index (χ0n) is 12.9. The molecule has 8 heteroatoms. The number of carboxylic acids is 1. The van der Waals surface area contributed by atoms with Crippen LogP contribution in [0.15, 0.2) is 30.9 Å². The van der Waals surface area contributed by atoms with Crippen molar-refractivity contribution >= 4 is 17.5 Å². The molecule has 1 aliphatic heterocycles. The molecule has 3 aromatic heterocycles. The summed E-state index contributed by atoms with van der Waals surface area (Å²) in [6, 6.07) is 2.63. The number of pyridine rings is 1. The third-order valence-electron chi connectivity index (χ3n) is 4.24. The lowest BCUT2D eigenvalue weighted by Gasteiger charge is -2.31. The summed E-state index contributed by atoms with van der Waals surface area (Å²) in [5.41, 5.74) is 3.07. The maximum absolute atomic E-state index is 12.8. The summed E-state index contributed by atoms with van der Waals surface area (Å²) < 4.78 is 1.77. The first-order valence-electron chi connectivity index (χ1n) is 7.56. The number of aromatic amines is 1. The third kappa shape index (κ3) is 2.15. The zero-order chi connectivity index (χ0) is 16.8. The van der Waals surface area contributed by atoms with Crippen LogP contribution in [0.4, 0.5) is 0 Å². The fourth-order valence-electron chi connectivity index (χ4n) is 3.10. The number of hydrogen-bond acceptors (Lipinski definition) is 4. The van der Waals surface area contributed by atoms with Crippen LogP contribution < -0.4 is 0 Å². The summed E-state index contributed by atoms with van der Waals surface area (Å²) in [5.74, 6) is -1.51. The Morgan fingerprint density at radius 1 is 1.33 bits per heavy atom. The van der Waals surface area contributed by atoms with E-state index in [1.807, 2.05) is 25.3 Å². The van der Waals surface area contributed by atoms with E-state index in [0.29, 0.717) is 24.3 Å². The Morgan fingerprint density at radius 3 is 2.96 bits per heavy atom. The molecule has 8 nitrogen and oxygen atoms in total. The Bertz CT molecular complexity index is 958. The number of imidazole rings is 2. The van der Waals surface area contributed by atoms with Gasteiger partial charge in [0.1, 0.15) is 11.3 Å². The number of carbonyl (C=O) groups is 2. The summed E-state index contributed by atoms with van der Waals surface area (Å²) in [4.78, 5) is 37.2. The minimum absolute atomic E-state index is 0.228. The van der Waals surface area contributed by atoms with Gasteiger partial charge in [0.15, 0.2) is 6.04 Å². The van der Waals surface area contributed by atoms with Gasteiger partial charge in [-0.1, -0.05) is 6.07 Å². The maximum Gasteiger partial charge on any atom is 0.332 e. The molecule has 122 valence electrons. The molecule has 0 aromatic carbocycles. The van der Waals surface area contributed by atoms with E-state index in [1.54, 1.807) is 10.6 Å². The molecule has 1 amide bonds. The number of hydrogen-bond donors (Lipinski definition) is 2. The first-order valence-corrected chi connectivity index (χ1v) is 7.56. The fraction of sp³-hybridized carbons (Fsp3) is 0.250. The highest BCUT2D eigenvalue weighted by Crippen LogP contribution is 2.28. The molecule has 1 aliphatic rings. The topological polar surface area (TPSA) is 104 Å². The Hall–Kier alpha value is -3.16. The van der Waals surface area contributed by atoms with Gasteiger partial charge in [-0.3, -0.25) is 4.79 Å². The van der Waals surface area contributed by atoms with Crippen molar-refractivity contribution in [1.82, 2.24) is 24.3 Å². The monoisotopic (exact) mass is 325 g/mol. The molecule has 0 bridgehead atoms. The van der Waals surface area contributed by atoms with Crippen LogP contribution in [0.3, 0.4) is 0 Å². The Morgan fingerprint density at radius 2 is 2.17 bits per heavy atom. The van der Waals surface area contributed by atoms with Crippen LogP contribution in [0.25, 0.3) is 5.65 Å². The van der Waals surface area contributed by atoms with Crippen molar-refractivity contribution in [3.63, 3.8) is 0 Å². The molecule has 1 atom stereocenters. The number of aromatic nitrogens is 4. The number of H-pyrrole nitrogens is 1. The van der Waals surface area contributed by atoms with Gasteiger partial charge < -0.3 is 19.4 Å². The van der Waals surface area contributed by atoms with E-state index in [9.17, 15) is 14.7 Å². The highest BCUT2D eigenvalue weighted by molar-refractivity contribution is 5.96. The zero-order valence-corrected chi connectivity index (χ0v) is 12.9. The van der Waals surface area contributed by atoms with Gasteiger partial charge in [0.2, 0.25) is 0 Å². The molecule has 0 saturated carbocycles. The normalized spacial score (nSPS) is 17.0. The summed E-state index contributed by atoms with van der Waals surface area (Å²) in [6.07, 6.45) is 5.50. The second-order valence-electron chi connectivity index (χ2n) is 5.85. The summed E-state index contributed by atoms with van der Waals surface area (Å²) in [6.45, 7) is 2.25. The fourth-order valence-corrected chi connectivity index (χ4v) is 3.10. The number of amides is 1. The number of rotatable bonds is 2. The van der Waals surface area contributed by atoms with E-state index in [4.69, 9.17) is 0 Å². The highest BCUT2D eigenvalue weighted by Gasteiger charge is 2.38. The van der Waals surface area contributed by atoms with E-state index >= 15 is 0 Å². The van der Waals surface area contributed by atoms with Crippen molar-refractivity contribution in [3.05, 3.63) is 53.5 Å². The number of carboxylic acid groups (broad SMARTS) is 1. The van der Waals surface area contributed by atoms with Crippen molar-refractivity contribution in [1.29, 1.82) is 0 Å². The van der Waals surface area contributed by atoms with Gasteiger partial charge in [-0.15, -0.1) is 0 Å². The van der Waals surface area contributed by atoms with Crippen LogP contribution in [0, 0.1) is 6.92 Å². The van der Waals surface area contributed by atoms with Crippen LogP contribution in [0.1, 0.15) is 33.5 Å². The maximum atomic E-state index is 12.8. The predicted molar refractivity (Wildman–Crippen MR) is 83.6 cm³/mol. The average molecular weight is 325 g/mol. The van der Waals surface area contributed by atoms with Gasteiger partial charge >= 0.3 is 5.97 Å². The molecule has 1 unspecified atom stereocenters. The van der Waals surface area contributed by atoms with Crippen LogP contribution in [0.2, 0.25) is 0 Å². The number of aryl methyl sites for hydroxylation is 1. The number of carbonyl (C=O) groups excluding carboxylic acids is 1. The van der Waals surface area contributed by atoms with Gasteiger partial charge in [0.05, 0.1) is 12.0 Å². The first kappa shape index (κ1) is 14.4. The van der Waals surface area contributed by atoms with Crippen molar-refractivity contribution in [3.8, 4) is 0 Å². The standard InChI is InChI=1S/C16H15N5O3/c1-9-2-3-12-19-11(7-20(12)6-9)15(22)21-5-4-10-13(18-8-17-10)14(21)16(23)24/h2-3,6-8,14H,4-5H2,1H3,(H,17,18)(H,23,24). The van der Waals surface area contributed by atoms with E-state index < -0.39 is 17.9 Å². The summed E-state index contributed by atoms with van der Waals surface area (Å²) in [7, 11) is 0. The lowest BCUT2D eigenvalue weighted by atomic mass is 10.0. The number of nitrogens with zero attached hydrogens (tertiary/aromatic N) is 4. The van der Waals surface area contributed by atoms with Crippen molar-refractivity contribution < 1.29 is 14.7 Å². The van der Waals surface area contributed by atoms with Gasteiger partial charge in [0, 0.05) is 31.1 Å². The van der Waals surface area contributed by atoms with E-state index in [0.717, 1.165) is 11.3 Å². The molecule has 0 aliphatic carbocycles. The van der Waals surface area contributed by atoms with Crippen molar-refractivity contribution in [2.75, 3.05) is 6.54 Å². The molecule has 3 aromatic rings. The molecular weight excluding hydrogens is 310 g/mol. The number of nitrogens with one attached hydrogen (secondary N) is 1. The number of aliphatic carboxylic acids is 1. The third-order valence-corrected chi connectivity index (χ3v) is 4.24. The van der Waals surface area contributed by atoms with E-state index in [1.165, 1.54) is 11.2 Å². The average Bonchev–Trinajstić information content (AvgIpc) is 3.18. The van der Waals surface area contributed by atoms with Crippen molar-refractivity contribution in [2.45, 2.75) is 19.4 Å². The van der Waals surface area contributed by atoms with Crippen LogP contribution in [-0.2, 0) is 11.2 Å². The van der Waals surface area contributed by atoms with Gasteiger partial charge in [-0.25, -0.2) is 14.8 Å². The Labute approximate surface area is 136 Å². The predicted octanol–water partition coefficient (Wildman–Crippen LogP) is 1.19. The minimum atomic E-state index is -1.10. The largest absolute Gasteiger partial charge is 0.479 e. The SMILES string of the molecule is Cc1ccc2nc(C(=O)N3CCc4[nH]cnc4C3C(=O)O)cn2c1. The van der Waals surface area contributed by atoms with E-state index in [-0.39, 0.29) is 5.69 Å². The molecule has 0 fully saturated rings. The van der Waals surface area contributed by atoms with E-state index in [2.05, 4.69) is 15.0 Å². The molecular formula is C16H15N5O3. The molecule has 4 rings (SSSR count). The molecule has 0 saturated heterocycles. The Kier molecular flexibility index (Phi) is 3.12. The van der Waals surface area contributed by atoms with Gasteiger partial charge in [-0.2, -0.15) is 0 Å². The minimum Gasteiger partial charge on any atom is -0.479 e. The summed E-state index contributed by atoms with van der Waals surface area (Å²) >= 11 is 0. The molecule has 0 radical (unpaired) electrons. The molecule has 4 heterocycles. The van der Waals surface area contributed by atoms with Crippen molar-refractivity contribution in [2.24, 2.45) is 0 Å².